The predicted octanol–water partition coefficient (Wildman–Crippen LogP) is 4.57. The second-order valence-corrected chi connectivity index (χ2v) is 5.48. The summed E-state index contributed by atoms with van der Waals surface area (Å²) in [5.41, 5.74) is 0.774. The fourth-order valence-corrected chi connectivity index (χ4v) is 2.52. The highest BCUT2D eigenvalue weighted by Gasteiger charge is 2.16. The van der Waals surface area contributed by atoms with Crippen LogP contribution < -0.4 is 5.32 Å². The first-order valence-electron chi connectivity index (χ1n) is 6.61. The Kier molecular flexibility index (Phi) is 4.32. The smallest absolute Gasteiger partial charge is 0.258 e. The quantitative estimate of drug-likeness (QED) is 0.704. The van der Waals surface area contributed by atoms with Crippen LogP contribution in [0.2, 0.25) is 10.0 Å². The Morgan fingerprint density at radius 2 is 1.83 bits per heavy atom. The van der Waals surface area contributed by atoms with Crippen molar-refractivity contribution >= 4 is 34.9 Å². The van der Waals surface area contributed by atoms with Crippen LogP contribution in [0, 0.1) is 5.82 Å². The van der Waals surface area contributed by atoms with Gasteiger partial charge in [0.15, 0.2) is 0 Å². The molecule has 0 spiro atoms. The van der Waals surface area contributed by atoms with E-state index in [-0.39, 0.29) is 15.6 Å². The van der Waals surface area contributed by atoms with Crippen molar-refractivity contribution in [2.24, 2.45) is 0 Å². The number of benzene rings is 2. The normalized spacial score (nSPS) is 10.6. The number of amides is 1. The molecule has 3 aromatic rings. The SMILES string of the molecule is O=C(Nc1ccnn1-c1ccccc1)c1cc(F)c(Cl)cc1Cl. The van der Waals surface area contributed by atoms with Gasteiger partial charge in [-0.3, -0.25) is 4.79 Å². The number of para-hydroxylation sites is 1. The zero-order valence-electron chi connectivity index (χ0n) is 11.6. The number of carbonyl (C=O) groups excluding carboxylic acids is 1. The van der Waals surface area contributed by atoms with E-state index in [1.165, 1.54) is 6.07 Å². The van der Waals surface area contributed by atoms with Gasteiger partial charge in [-0.1, -0.05) is 41.4 Å². The third-order valence-corrected chi connectivity index (χ3v) is 3.74. The molecule has 0 radical (unpaired) electrons. The van der Waals surface area contributed by atoms with Crippen LogP contribution in [0.5, 0.6) is 0 Å². The molecule has 0 aliphatic carbocycles. The number of carbonyl (C=O) groups is 1. The monoisotopic (exact) mass is 349 g/mol. The summed E-state index contributed by atoms with van der Waals surface area (Å²) in [4.78, 5) is 12.3. The highest BCUT2D eigenvalue weighted by Crippen LogP contribution is 2.25. The number of nitrogens with one attached hydrogen (secondary N) is 1. The topological polar surface area (TPSA) is 46.9 Å². The van der Waals surface area contributed by atoms with Gasteiger partial charge in [0, 0.05) is 6.07 Å². The van der Waals surface area contributed by atoms with Crippen molar-refractivity contribution in [3.8, 4) is 5.69 Å². The van der Waals surface area contributed by atoms with E-state index in [0.717, 1.165) is 11.8 Å². The number of halogens is 3. The van der Waals surface area contributed by atoms with E-state index in [4.69, 9.17) is 23.2 Å². The summed E-state index contributed by atoms with van der Waals surface area (Å²) in [6, 6.07) is 13.1. The summed E-state index contributed by atoms with van der Waals surface area (Å²) in [5, 5.41) is 6.75. The second kappa shape index (κ2) is 6.40. The lowest BCUT2D eigenvalue weighted by Crippen LogP contribution is -2.16. The molecule has 2 aromatic carbocycles. The van der Waals surface area contributed by atoms with Gasteiger partial charge in [-0.25, -0.2) is 9.07 Å². The number of hydrogen-bond donors (Lipinski definition) is 1. The minimum atomic E-state index is -0.710. The molecule has 1 amide bonds. The van der Waals surface area contributed by atoms with E-state index in [1.807, 2.05) is 30.3 Å². The Labute approximate surface area is 141 Å². The molecule has 7 heteroatoms. The molecule has 4 nitrogen and oxygen atoms in total. The molecule has 0 unspecified atom stereocenters. The number of nitrogens with zero attached hydrogens (tertiary/aromatic N) is 2. The molecular weight excluding hydrogens is 340 g/mol. The van der Waals surface area contributed by atoms with E-state index in [9.17, 15) is 9.18 Å². The molecule has 1 heterocycles. The Hall–Kier alpha value is -2.37. The maximum absolute atomic E-state index is 13.6. The van der Waals surface area contributed by atoms with Crippen LogP contribution in [-0.4, -0.2) is 15.7 Å². The van der Waals surface area contributed by atoms with Crippen molar-refractivity contribution in [1.29, 1.82) is 0 Å². The van der Waals surface area contributed by atoms with Gasteiger partial charge in [-0.2, -0.15) is 5.10 Å². The Morgan fingerprint density at radius 3 is 2.57 bits per heavy atom. The third kappa shape index (κ3) is 3.21. The summed E-state index contributed by atoms with van der Waals surface area (Å²) in [6.45, 7) is 0. The number of aromatic nitrogens is 2. The van der Waals surface area contributed by atoms with Crippen molar-refractivity contribution < 1.29 is 9.18 Å². The van der Waals surface area contributed by atoms with E-state index in [0.29, 0.717) is 5.82 Å². The van der Waals surface area contributed by atoms with Crippen LogP contribution in [0.3, 0.4) is 0 Å². The second-order valence-electron chi connectivity index (χ2n) is 4.66. The van der Waals surface area contributed by atoms with Crippen molar-refractivity contribution in [2.75, 3.05) is 5.32 Å². The van der Waals surface area contributed by atoms with Crippen LogP contribution in [0.25, 0.3) is 5.69 Å². The summed E-state index contributed by atoms with van der Waals surface area (Å²) >= 11 is 11.6. The average Bonchev–Trinajstić information content (AvgIpc) is 2.99. The van der Waals surface area contributed by atoms with Gasteiger partial charge < -0.3 is 5.32 Å². The minimum Gasteiger partial charge on any atom is -0.306 e. The third-order valence-electron chi connectivity index (χ3n) is 3.14. The van der Waals surface area contributed by atoms with Crippen LogP contribution in [0.1, 0.15) is 10.4 Å². The predicted molar refractivity (Wildman–Crippen MR) is 87.9 cm³/mol. The van der Waals surface area contributed by atoms with Crippen LogP contribution in [0.15, 0.2) is 54.7 Å². The van der Waals surface area contributed by atoms with Gasteiger partial charge >= 0.3 is 0 Å². The van der Waals surface area contributed by atoms with Gasteiger partial charge in [0.05, 0.1) is 27.5 Å². The molecule has 0 saturated carbocycles. The van der Waals surface area contributed by atoms with Gasteiger partial charge in [0.1, 0.15) is 11.6 Å². The molecule has 0 saturated heterocycles. The van der Waals surface area contributed by atoms with E-state index in [1.54, 1.807) is 16.9 Å². The summed E-state index contributed by atoms with van der Waals surface area (Å²) in [5.74, 6) is -0.825. The van der Waals surface area contributed by atoms with E-state index < -0.39 is 11.7 Å². The van der Waals surface area contributed by atoms with Crippen molar-refractivity contribution in [3.63, 3.8) is 0 Å². The molecule has 0 aliphatic heterocycles. The first kappa shape index (κ1) is 15.5. The molecule has 0 fully saturated rings. The fourth-order valence-electron chi connectivity index (χ4n) is 2.05. The molecule has 23 heavy (non-hydrogen) atoms. The zero-order chi connectivity index (χ0) is 16.4. The summed E-state index contributed by atoms with van der Waals surface area (Å²) in [6.07, 6.45) is 1.55. The van der Waals surface area contributed by atoms with Gasteiger partial charge in [0.25, 0.3) is 5.91 Å². The minimum absolute atomic E-state index is 0.00521. The lowest BCUT2D eigenvalue weighted by atomic mass is 10.2. The summed E-state index contributed by atoms with van der Waals surface area (Å²) in [7, 11) is 0. The van der Waals surface area contributed by atoms with E-state index in [2.05, 4.69) is 10.4 Å². The number of anilines is 1. The molecule has 0 aliphatic rings. The lowest BCUT2D eigenvalue weighted by molar-refractivity contribution is 0.102. The summed E-state index contributed by atoms with van der Waals surface area (Å²) < 4.78 is 15.1. The molecule has 0 atom stereocenters. The molecule has 1 N–H and O–H groups in total. The van der Waals surface area contributed by atoms with Gasteiger partial charge in [-0.05, 0) is 24.3 Å². The van der Waals surface area contributed by atoms with Crippen molar-refractivity contribution in [1.82, 2.24) is 9.78 Å². The zero-order valence-corrected chi connectivity index (χ0v) is 13.1. The number of rotatable bonds is 3. The molecule has 116 valence electrons. The Bertz CT molecular complexity index is 865. The van der Waals surface area contributed by atoms with Crippen molar-refractivity contribution in [3.05, 3.63) is 76.2 Å². The Morgan fingerprint density at radius 1 is 1.09 bits per heavy atom. The van der Waals surface area contributed by atoms with Crippen LogP contribution >= 0.6 is 23.2 Å². The largest absolute Gasteiger partial charge is 0.306 e. The van der Waals surface area contributed by atoms with E-state index >= 15 is 0 Å². The molecular formula is C16H10Cl2FN3O. The maximum atomic E-state index is 13.6. The molecule has 3 rings (SSSR count). The molecule has 0 bridgehead atoms. The van der Waals surface area contributed by atoms with Crippen LogP contribution in [0.4, 0.5) is 10.2 Å². The first-order chi connectivity index (χ1) is 11.1. The fraction of sp³-hybridized carbons (Fsp3) is 0. The maximum Gasteiger partial charge on any atom is 0.258 e. The first-order valence-corrected chi connectivity index (χ1v) is 7.37. The molecule has 1 aromatic heterocycles. The highest BCUT2D eigenvalue weighted by atomic mass is 35.5. The highest BCUT2D eigenvalue weighted by molar-refractivity contribution is 6.37. The van der Waals surface area contributed by atoms with Gasteiger partial charge in [0.2, 0.25) is 0 Å². The standard InChI is InChI=1S/C16H10Cl2FN3O/c17-12-9-13(18)14(19)8-11(12)16(23)21-15-6-7-20-22(15)10-4-2-1-3-5-10/h1-9H,(H,21,23). The average molecular weight is 350 g/mol. The van der Waals surface area contributed by atoms with Crippen LogP contribution in [-0.2, 0) is 0 Å². The Balaban J connectivity index is 1.91. The van der Waals surface area contributed by atoms with Crippen molar-refractivity contribution in [2.45, 2.75) is 0 Å². The lowest BCUT2D eigenvalue weighted by Gasteiger charge is -2.10. The number of hydrogen-bond acceptors (Lipinski definition) is 2. The van der Waals surface area contributed by atoms with Gasteiger partial charge in [-0.15, -0.1) is 0 Å².